The molecule has 0 radical (unpaired) electrons. The molecule has 0 aliphatic carbocycles. The summed E-state index contributed by atoms with van der Waals surface area (Å²) < 4.78 is 26.6. The van der Waals surface area contributed by atoms with Crippen LogP contribution in [0.15, 0.2) is 66.7 Å². The van der Waals surface area contributed by atoms with E-state index >= 15 is 0 Å². The van der Waals surface area contributed by atoms with Crippen molar-refractivity contribution in [2.45, 2.75) is 6.04 Å². The summed E-state index contributed by atoms with van der Waals surface area (Å²) >= 11 is 12.0. The number of nitrogens with one attached hydrogen (secondary N) is 1. The number of benzene rings is 3. The molecule has 0 aliphatic rings. The Morgan fingerprint density at radius 3 is 2.08 bits per heavy atom. The summed E-state index contributed by atoms with van der Waals surface area (Å²) in [6.07, 6.45) is 0. The number of hydrogen-bond acceptors (Lipinski definition) is 2. The van der Waals surface area contributed by atoms with Gasteiger partial charge >= 0.3 is 0 Å². The van der Waals surface area contributed by atoms with Gasteiger partial charge in [-0.3, -0.25) is 4.79 Å². The Morgan fingerprint density at radius 2 is 1.46 bits per heavy atom. The van der Waals surface area contributed by atoms with E-state index in [0.29, 0.717) is 21.8 Å². The summed E-state index contributed by atoms with van der Waals surface area (Å²) in [5.74, 6) is -1.17. The second kappa shape index (κ2) is 7.85. The third kappa shape index (κ3) is 4.21. The highest BCUT2D eigenvalue weighted by atomic mass is 35.5. The fraction of sp³-hybridized carbons (Fsp3) is 0.0500. The first-order valence-electron chi connectivity index (χ1n) is 7.71. The lowest BCUT2D eigenvalue weighted by Crippen LogP contribution is -2.22. The number of hydrogen-bond donors (Lipinski definition) is 1. The molecule has 3 aromatic rings. The zero-order chi connectivity index (χ0) is 18.7. The molecular formula is C20H13Cl2F2NO. The Labute approximate surface area is 159 Å². The average molecular weight is 392 g/mol. The van der Waals surface area contributed by atoms with Crippen LogP contribution < -0.4 is 5.32 Å². The van der Waals surface area contributed by atoms with E-state index in [1.165, 1.54) is 36.4 Å². The van der Waals surface area contributed by atoms with Crippen LogP contribution in [0.25, 0.3) is 0 Å². The van der Waals surface area contributed by atoms with Crippen LogP contribution >= 0.6 is 23.2 Å². The molecule has 132 valence electrons. The van der Waals surface area contributed by atoms with Crippen LogP contribution in [0, 0.1) is 11.6 Å². The first kappa shape index (κ1) is 18.4. The minimum atomic E-state index is -0.880. The van der Waals surface area contributed by atoms with Crippen molar-refractivity contribution in [1.82, 2.24) is 0 Å². The SMILES string of the molecule is O=C(c1ccc(Cl)cc1)C(Nc1ccc(F)cc1)c1ccc(F)cc1Cl. The van der Waals surface area contributed by atoms with Gasteiger partial charge in [-0.1, -0.05) is 29.3 Å². The predicted octanol–water partition coefficient (Wildman–Crippen LogP) is 6.31. The Bertz CT molecular complexity index is 928. The number of anilines is 1. The van der Waals surface area contributed by atoms with Gasteiger partial charge in [0.05, 0.1) is 0 Å². The van der Waals surface area contributed by atoms with Crippen LogP contribution in [0.3, 0.4) is 0 Å². The molecule has 0 heterocycles. The summed E-state index contributed by atoms with van der Waals surface area (Å²) in [4.78, 5) is 13.0. The molecule has 0 saturated carbocycles. The van der Waals surface area contributed by atoms with E-state index in [9.17, 15) is 13.6 Å². The summed E-state index contributed by atoms with van der Waals surface area (Å²) in [5, 5.41) is 3.66. The lowest BCUT2D eigenvalue weighted by Gasteiger charge is -2.21. The average Bonchev–Trinajstić information content (AvgIpc) is 2.62. The van der Waals surface area contributed by atoms with E-state index in [4.69, 9.17) is 23.2 Å². The third-order valence-electron chi connectivity index (χ3n) is 3.82. The van der Waals surface area contributed by atoms with Crippen molar-refractivity contribution in [2.24, 2.45) is 0 Å². The van der Waals surface area contributed by atoms with Gasteiger partial charge in [0, 0.05) is 26.9 Å². The highest BCUT2D eigenvalue weighted by Gasteiger charge is 2.24. The van der Waals surface area contributed by atoms with Crippen LogP contribution in [0.4, 0.5) is 14.5 Å². The highest BCUT2D eigenvalue weighted by Crippen LogP contribution is 2.30. The quantitative estimate of drug-likeness (QED) is 0.516. The lowest BCUT2D eigenvalue weighted by molar-refractivity contribution is 0.0969. The van der Waals surface area contributed by atoms with Crippen molar-refractivity contribution < 1.29 is 13.6 Å². The molecule has 3 aromatic carbocycles. The first-order valence-corrected chi connectivity index (χ1v) is 8.46. The minimum absolute atomic E-state index is 0.118. The molecule has 0 amide bonds. The van der Waals surface area contributed by atoms with Crippen LogP contribution in [-0.4, -0.2) is 5.78 Å². The normalized spacial score (nSPS) is 11.8. The van der Waals surface area contributed by atoms with Gasteiger partial charge in [-0.2, -0.15) is 0 Å². The molecule has 6 heteroatoms. The van der Waals surface area contributed by atoms with Gasteiger partial charge in [-0.25, -0.2) is 8.78 Å². The predicted molar refractivity (Wildman–Crippen MR) is 100.0 cm³/mol. The molecule has 0 aliphatic heterocycles. The smallest absolute Gasteiger partial charge is 0.189 e. The van der Waals surface area contributed by atoms with Gasteiger partial charge in [0.2, 0.25) is 0 Å². The van der Waals surface area contributed by atoms with E-state index in [1.807, 2.05) is 0 Å². The maximum Gasteiger partial charge on any atom is 0.189 e. The van der Waals surface area contributed by atoms with Crippen molar-refractivity contribution >= 4 is 34.7 Å². The summed E-state index contributed by atoms with van der Waals surface area (Å²) in [6, 6.07) is 14.9. The van der Waals surface area contributed by atoms with Crippen molar-refractivity contribution in [1.29, 1.82) is 0 Å². The minimum Gasteiger partial charge on any atom is -0.371 e. The number of carbonyl (C=O) groups is 1. The highest BCUT2D eigenvalue weighted by molar-refractivity contribution is 6.32. The van der Waals surface area contributed by atoms with Gasteiger partial charge in [0.15, 0.2) is 5.78 Å². The molecule has 3 rings (SSSR count). The van der Waals surface area contributed by atoms with Gasteiger partial charge in [-0.05, 0) is 60.7 Å². The Kier molecular flexibility index (Phi) is 5.55. The molecule has 1 N–H and O–H groups in total. The molecule has 0 aromatic heterocycles. The molecular weight excluding hydrogens is 379 g/mol. The van der Waals surface area contributed by atoms with E-state index in [2.05, 4.69) is 5.32 Å². The maximum atomic E-state index is 13.4. The fourth-order valence-electron chi connectivity index (χ4n) is 2.51. The number of ketones is 1. The largest absolute Gasteiger partial charge is 0.371 e. The molecule has 0 saturated heterocycles. The van der Waals surface area contributed by atoms with Gasteiger partial charge < -0.3 is 5.32 Å². The molecule has 0 fully saturated rings. The van der Waals surface area contributed by atoms with Crippen LogP contribution in [0.2, 0.25) is 10.0 Å². The van der Waals surface area contributed by atoms with Crippen molar-refractivity contribution in [3.05, 3.63) is 99.5 Å². The Morgan fingerprint density at radius 1 is 0.846 bits per heavy atom. The number of Topliss-reactive ketones (excluding diaryl/α,β-unsaturated/α-hetero) is 1. The summed E-state index contributed by atoms with van der Waals surface area (Å²) in [7, 11) is 0. The zero-order valence-electron chi connectivity index (χ0n) is 13.3. The maximum absolute atomic E-state index is 13.4. The summed E-state index contributed by atoms with van der Waals surface area (Å²) in [5.41, 5.74) is 1.35. The van der Waals surface area contributed by atoms with E-state index in [0.717, 1.165) is 6.07 Å². The topological polar surface area (TPSA) is 29.1 Å². The molecule has 0 bridgehead atoms. The van der Waals surface area contributed by atoms with Gasteiger partial charge in [-0.15, -0.1) is 0 Å². The van der Waals surface area contributed by atoms with Crippen LogP contribution in [0.1, 0.15) is 22.0 Å². The number of carbonyl (C=O) groups excluding carboxylic acids is 1. The molecule has 2 nitrogen and oxygen atoms in total. The molecule has 26 heavy (non-hydrogen) atoms. The van der Waals surface area contributed by atoms with E-state index in [-0.39, 0.29) is 10.8 Å². The first-order chi connectivity index (χ1) is 12.4. The summed E-state index contributed by atoms with van der Waals surface area (Å²) in [6.45, 7) is 0. The lowest BCUT2D eigenvalue weighted by atomic mass is 9.97. The fourth-order valence-corrected chi connectivity index (χ4v) is 2.92. The van der Waals surface area contributed by atoms with E-state index < -0.39 is 17.7 Å². The molecule has 1 atom stereocenters. The zero-order valence-corrected chi connectivity index (χ0v) is 14.9. The number of rotatable bonds is 5. The molecule has 0 spiro atoms. The monoisotopic (exact) mass is 391 g/mol. The van der Waals surface area contributed by atoms with Crippen molar-refractivity contribution in [3.8, 4) is 0 Å². The van der Waals surface area contributed by atoms with Crippen molar-refractivity contribution in [3.63, 3.8) is 0 Å². The third-order valence-corrected chi connectivity index (χ3v) is 4.40. The molecule has 1 unspecified atom stereocenters. The van der Waals surface area contributed by atoms with E-state index in [1.54, 1.807) is 24.3 Å². The second-order valence-corrected chi connectivity index (χ2v) is 6.46. The van der Waals surface area contributed by atoms with Crippen molar-refractivity contribution in [2.75, 3.05) is 5.32 Å². The van der Waals surface area contributed by atoms with Gasteiger partial charge in [0.25, 0.3) is 0 Å². The Balaban J connectivity index is 2.01. The Hall–Kier alpha value is -2.43. The van der Waals surface area contributed by atoms with Gasteiger partial charge in [0.1, 0.15) is 17.7 Å². The second-order valence-electron chi connectivity index (χ2n) is 5.62. The van der Waals surface area contributed by atoms with Crippen LogP contribution in [0.5, 0.6) is 0 Å². The van der Waals surface area contributed by atoms with Crippen LogP contribution in [-0.2, 0) is 0 Å². The number of halogens is 4. The standard InChI is InChI=1S/C20H13Cl2F2NO/c21-13-3-1-12(2-4-13)20(26)19(17-10-7-15(24)11-18(17)22)25-16-8-5-14(23)6-9-16/h1-11,19,25H.